The van der Waals surface area contributed by atoms with Crippen LogP contribution in [0.5, 0.6) is 0 Å². The van der Waals surface area contributed by atoms with Crippen LogP contribution in [-0.2, 0) is 14.6 Å². The van der Waals surface area contributed by atoms with E-state index >= 15 is 0 Å². The van der Waals surface area contributed by atoms with Gasteiger partial charge >= 0.3 is 0 Å². The normalized spacial score (nSPS) is 11.5. The maximum absolute atomic E-state index is 12.4. The number of carbonyl (C=O) groups is 1. The van der Waals surface area contributed by atoms with Crippen LogP contribution in [0.4, 0.5) is 5.69 Å². The summed E-state index contributed by atoms with van der Waals surface area (Å²) in [5.41, 5.74) is 3.44. The monoisotopic (exact) mass is 436 g/mol. The van der Waals surface area contributed by atoms with Crippen molar-refractivity contribution < 1.29 is 13.2 Å². The summed E-state index contributed by atoms with van der Waals surface area (Å²) in [4.78, 5) is 17.2. The minimum absolute atomic E-state index is 0.110. The first-order valence-corrected chi connectivity index (χ1v) is 11.9. The van der Waals surface area contributed by atoms with Gasteiger partial charge in [-0.1, -0.05) is 42.0 Å². The molecule has 1 aromatic heterocycles. The van der Waals surface area contributed by atoms with E-state index in [9.17, 15) is 13.2 Å². The van der Waals surface area contributed by atoms with E-state index in [0.717, 1.165) is 26.4 Å². The standard InChI is InChI=1S/C23H20N2O3S2/c1-16-9-11-19(12-10-16)30(27,28)14-13-22(26)24-18-6-4-5-17(15-18)23-25-20-7-2-3-8-21(20)29-23/h2-12,15H,13-14H2,1H3,(H,24,26). The zero-order valence-electron chi connectivity index (χ0n) is 16.3. The fraction of sp³-hybridized carbons (Fsp3) is 0.130. The number of hydrogen-bond donors (Lipinski definition) is 1. The number of nitrogens with zero attached hydrogens (tertiary/aromatic N) is 1. The Hall–Kier alpha value is -3.03. The first-order valence-electron chi connectivity index (χ1n) is 9.46. The highest BCUT2D eigenvalue weighted by molar-refractivity contribution is 7.91. The number of hydrogen-bond acceptors (Lipinski definition) is 5. The molecule has 152 valence electrons. The molecule has 0 saturated carbocycles. The molecule has 0 spiro atoms. The van der Waals surface area contributed by atoms with Gasteiger partial charge in [0.05, 0.1) is 20.9 Å². The van der Waals surface area contributed by atoms with Crippen molar-refractivity contribution in [1.29, 1.82) is 0 Å². The highest BCUT2D eigenvalue weighted by Crippen LogP contribution is 2.31. The lowest BCUT2D eigenvalue weighted by Gasteiger charge is -2.08. The number of aryl methyl sites for hydroxylation is 1. The summed E-state index contributed by atoms with van der Waals surface area (Å²) in [6.07, 6.45) is -0.110. The molecular formula is C23H20N2O3S2. The minimum atomic E-state index is -3.50. The van der Waals surface area contributed by atoms with Crippen LogP contribution in [-0.4, -0.2) is 25.1 Å². The van der Waals surface area contributed by atoms with E-state index in [2.05, 4.69) is 10.3 Å². The van der Waals surface area contributed by atoms with Gasteiger partial charge in [0.2, 0.25) is 5.91 Å². The number of para-hydroxylation sites is 1. The number of amides is 1. The maximum Gasteiger partial charge on any atom is 0.225 e. The SMILES string of the molecule is Cc1ccc(S(=O)(=O)CCC(=O)Nc2cccc(-c3nc4ccccc4s3)c2)cc1. The van der Waals surface area contributed by atoms with Gasteiger partial charge in [0.25, 0.3) is 0 Å². The van der Waals surface area contributed by atoms with Crippen LogP contribution in [0.25, 0.3) is 20.8 Å². The molecule has 0 aliphatic heterocycles. The molecule has 1 heterocycles. The number of anilines is 1. The topological polar surface area (TPSA) is 76.1 Å². The predicted molar refractivity (Wildman–Crippen MR) is 122 cm³/mol. The number of thiazole rings is 1. The smallest absolute Gasteiger partial charge is 0.225 e. The van der Waals surface area contributed by atoms with Crippen LogP contribution in [0.3, 0.4) is 0 Å². The largest absolute Gasteiger partial charge is 0.326 e. The average Bonchev–Trinajstić information content (AvgIpc) is 3.17. The van der Waals surface area contributed by atoms with E-state index < -0.39 is 9.84 Å². The third-order valence-electron chi connectivity index (χ3n) is 4.67. The lowest BCUT2D eigenvalue weighted by molar-refractivity contribution is -0.115. The Kier molecular flexibility index (Phi) is 5.65. The zero-order valence-corrected chi connectivity index (χ0v) is 18.0. The molecular weight excluding hydrogens is 416 g/mol. The van der Waals surface area contributed by atoms with Crippen molar-refractivity contribution in [2.75, 3.05) is 11.1 Å². The molecule has 3 aromatic carbocycles. The van der Waals surface area contributed by atoms with Crippen LogP contribution in [0.15, 0.2) is 77.7 Å². The molecule has 0 radical (unpaired) electrons. The molecule has 0 fully saturated rings. The Labute approximate surface area is 179 Å². The molecule has 4 rings (SSSR count). The lowest BCUT2D eigenvalue weighted by atomic mass is 10.2. The first-order chi connectivity index (χ1) is 14.4. The van der Waals surface area contributed by atoms with E-state index in [-0.39, 0.29) is 23.0 Å². The Morgan fingerprint density at radius 3 is 2.53 bits per heavy atom. The molecule has 0 saturated heterocycles. The summed E-state index contributed by atoms with van der Waals surface area (Å²) in [6, 6.07) is 22.0. The fourth-order valence-electron chi connectivity index (χ4n) is 3.04. The molecule has 0 unspecified atom stereocenters. The van der Waals surface area contributed by atoms with Crippen LogP contribution in [0.2, 0.25) is 0 Å². The minimum Gasteiger partial charge on any atom is -0.326 e. The third kappa shape index (κ3) is 4.58. The molecule has 0 aliphatic rings. The van der Waals surface area contributed by atoms with Crippen molar-refractivity contribution in [3.63, 3.8) is 0 Å². The zero-order chi connectivity index (χ0) is 21.1. The summed E-state index contributed by atoms with van der Waals surface area (Å²) >= 11 is 1.59. The molecule has 0 atom stereocenters. The molecule has 1 N–H and O–H groups in total. The van der Waals surface area contributed by atoms with Gasteiger partial charge in [-0.2, -0.15) is 0 Å². The van der Waals surface area contributed by atoms with E-state index in [1.165, 1.54) is 0 Å². The van der Waals surface area contributed by atoms with E-state index in [4.69, 9.17) is 0 Å². The Morgan fingerprint density at radius 1 is 1.00 bits per heavy atom. The summed E-state index contributed by atoms with van der Waals surface area (Å²) in [5.74, 6) is -0.577. The van der Waals surface area contributed by atoms with E-state index in [1.807, 2.05) is 49.4 Å². The summed E-state index contributed by atoms with van der Waals surface area (Å²) in [6.45, 7) is 1.90. The molecule has 1 amide bonds. The Bertz CT molecular complexity index is 1280. The number of benzene rings is 3. The van der Waals surface area contributed by atoms with E-state index in [1.54, 1.807) is 41.7 Å². The quantitative estimate of drug-likeness (QED) is 0.458. The third-order valence-corrected chi connectivity index (χ3v) is 7.48. The number of carbonyl (C=O) groups excluding carboxylic acids is 1. The second-order valence-electron chi connectivity index (χ2n) is 7.00. The predicted octanol–water partition coefficient (Wildman–Crippen LogP) is 5.07. The van der Waals surface area contributed by atoms with Gasteiger partial charge < -0.3 is 5.32 Å². The highest BCUT2D eigenvalue weighted by Gasteiger charge is 2.16. The van der Waals surface area contributed by atoms with Crippen molar-refractivity contribution in [1.82, 2.24) is 4.98 Å². The lowest BCUT2D eigenvalue weighted by Crippen LogP contribution is -2.17. The number of fused-ring (bicyclic) bond motifs is 1. The van der Waals surface area contributed by atoms with E-state index in [0.29, 0.717) is 5.69 Å². The molecule has 7 heteroatoms. The summed E-state index contributed by atoms with van der Waals surface area (Å²) in [5, 5.41) is 3.66. The number of rotatable bonds is 6. The highest BCUT2D eigenvalue weighted by atomic mass is 32.2. The molecule has 0 aliphatic carbocycles. The second kappa shape index (κ2) is 8.38. The maximum atomic E-state index is 12.4. The van der Waals surface area contributed by atoms with Gasteiger partial charge in [0.15, 0.2) is 9.84 Å². The molecule has 0 bridgehead atoms. The Balaban J connectivity index is 1.43. The van der Waals surface area contributed by atoms with Gasteiger partial charge in [-0.05, 0) is 43.3 Å². The van der Waals surface area contributed by atoms with Gasteiger partial charge in [-0.25, -0.2) is 13.4 Å². The van der Waals surface area contributed by atoms with Crippen molar-refractivity contribution in [2.24, 2.45) is 0 Å². The summed E-state index contributed by atoms with van der Waals surface area (Å²) < 4.78 is 26.0. The molecule has 30 heavy (non-hydrogen) atoms. The number of aromatic nitrogens is 1. The summed E-state index contributed by atoms with van der Waals surface area (Å²) in [7, 11) is -3.50. The first kappa shape index (κ1) is 20.3. The van der Waals surface area contributed by atoms with Crippen molar-refractivity contribution >= 4 is 43.0 Å². The van der Waals surface area contributed by atoms with Gasteiger partial charge in [-0.15, -0.1) is 11.3 Å². The van der Waals surface area contributed by atoms with Crippen molar-refractivity contribution in [2.45, 2.75) is 18.2 Å². The van der Waals surface area contributed by atoms with Gasteiger partial charge in [-0.3, -0.25) is 4.79 Å². The number of nitrogens with one attached hydrogen (secondary N) is 1. The Morgan fingerprint density at radius 2 is 1.77 bits per heavy atom. The second-order valence-corrected chi connectivity index (χ2v) is 10.1. The van der Waals surface area contributed by atoms with Gasteiger partial charge in [0.1, 0.15) is 5.01 Å². The molecule has 4 aromatic rings. The van der Waals surface area contributed by atoms with Crippen molar-refractivity contribution in [3.8, 4) is 10.6 Å². The molecule has 5 nitrogen and oxygen atoms in total. The van der Waals surface area contributed by atoms with Crippen molar-refractivity contribution in [3.05, 3.63) is 78.4 Å². The van der Waals surface area contributed by atoms with Crippen LogP contribution in [0, 0.1) is 6.92 Å². The van der Waals surface area contributed by atoms with Gasteiger partial charge in [0, 0.05) is 17.7 Å². The number of sulfone groups is 1. The fourth-order valence-corrected chi connectivity index (χ4v) is 5.24. The van der Waals surface area contributed by atoms with Crippen LogP contribution in [0.1, 0.15) is 12.0 Å². The average molecular weight is 437 g/mol. The van der Waals surface area contributed by atoms with Crippen LogP contribution >= 0.6 is 11.3 Å². The van der Waals surface area contributed by atoms with Crippen LogP contribution < -0.4 is 5.32 Å².